The highest BCUT2D eigenvalue weighted by molar-refractivity contribution is 5.30. The molecule has 90 valence electrons. The lowest BCUT2D eigenvalue weighted by atomic mass is 10.0. The molecule has 0 fully saturated rings. The molecule has 0 aliphatic rings. The molecule has 1 rings (SSSR count). The van der Waals surface area contributed by atoms with Gasteiger partial charge in [0, 0.05) is 0 Å². The van der Waals surface area contributed by atoms with Gasteiger partial charge in [-0.25, -0.2) is 4.39 Å². The molecule has 0 aromatic heterocycles. The highest BCUT2D eigenvalue weighted by Gasteiger charge is 2.33. The smallest absolute Gasteiger partial charge is 0.393 e. The fourth-order valence-electron chi connectivity index (χ4n) is 1.41. The van der Waals surface area contributed by atoms with Crippen molar-refractivity contribution in [1.29, 1.82) is 0 Å². The SMILES string of the molecule is C[C@@H](O)CCc1cc(F)ccc1C(F)(F)F. The van der Waals surface area contributed by atoms with E-state index in [1.807, 2.05) is 0 Å². The third-order valence-electron chi connectivity index (χ3n) is 2.20. The zero-order valence-corrected chi connectivity index (χ0v) is 8.68. The molecule has 0 amide bonds. The molecule has 0 spiro atoms. The van der Waals surface area contributed by atoms with Gasteiger partial charge in [0.15, 0.2) is 0 Å². The maximum Gasteiger partial charge on any atom is 0.416 e. The number of rotatable bonds is 3. The minimum atomic E-state index is -4.48. The Labute approximate surface area is 90.7 Å². The van der Waals surface area contributed by atoms with Crippen LogP contribution in [0.15, 0.2) is 18.2 Å². The van der Waals surface area contributed by atoms with Crippen LogP contribution in [0.2, 0.25) is 0 Å². The van der Waals surface area contributed by atoms with Crippen molar-refractivity contribution in [2.45, 2.75) is 32.0 Å². The lowest BCUT2D eigenvalue weighted by Gasteiger charge is -2.13. The lowest BCUT2D eigenvalue weighted by Crippen LogP contribution is -2.11. The average molecular weight is 236 g/mol. The maximum atomic E-state index is 12.8. The number of alkyl halides is 3. The summed E-state index contributed by atoms with van der Waals surface area (Å²) in [6.45, 7) is 1.48. The Morgan fingerprint density at radius 3 is 2.44 bits per heavy atom. The number of hydrogen-bond donors (Lipinski definition) is 1. The van der Waals surface area contributed by atoms with Crippen molar-refractivity contribution >= 4 is 0 Å². The first kappa shape index (κ1) is 13.0. The maximum absolute atomic E-state index is 12.8. The second-order valence-electron chi connectivity index (χ2n) is 3.69. The van der Waals surface area contributed by atoms with Gasteiger partial charge in [0.1, 0.15) is 5.82 Å². The zero-order valence-electron chi connectivity index (χ0n) is 8.68. The van der Waals surface area contributed by atoms with Crippen molar-refractivity contribution in [3.05, 3.63) is 35.1 Å². The molecule has 0 radical (unpaired) electrons. The van der Waals surface area contributed by atoms with E-state index in [9.17, 15) is 17.6 Å². The largest absolute Gasteiger partial charge is 0.416 e. The molecule has 5 heteroatoms. The topological polar surface area (TPSA) is 20.2 Å². The Morgan fingerprint density at radius 2 is 1.94 bits per heavy atom. The van der Waals surface area contributed by atoms with Crippen molar-refractivity contribution < 1.29 is 22.7 Å². The first-order valence-electron chi connectivity index (χ1n) is 4.84. The molecule has 0 saturated carbocycles. The molecule has 0 aliphatic carbocycles. The number of benzene rings is 1. The molecule has 0 unspecified atom stereocenters. The van der Waals surface area contributed by atoms with Gasteiger partial charge in [0.25, 0.3) is 0 Å². The molecule has 1 atom stereocenters. The van der Waals surface area contributed by atoms with E-state index in [1.165, 1.54) is 6.92 Å². The summed E-state index contributed by atoms with van der Waals surface area (Å²) >= 11 is 0. The average Bonchev–Trinajstić information content (AvgIpc) is 2.12. The van der Waals surface area contributed by atoms with Gasteiger partial charge < -0.3 is 5.11 Å². The standard InChI is InChI=1S/C11H12F4O/c1-7(16)2-3-8-6-9(12)4-5-10(8)11(13,14)15/h4-7,16H,2-3H2,1H3/t7-/m1/s1. The van der Waals surface area contributed by atoms with Crippen molar-refractivity contribution in [3.63, 3.8) is 0 Å². The van der Waals surface area contributed by atoms with Gasteiger partial charge in [-0.1, -0.05) is 0 Å². The van der Waals surface area contributed by atoms with Crippen molar-refractivity contribution in [2.75, 3.05) is 0 Å². The van der Waals surface area contributed by atoms with E-state index in [4.69, 9.17) is 5.11 Å². The van der Waals surface area contributed by atoms with E-state index in [0.29, 0.717) is 0 Å². The summed E-state index contributed by atoms with van der Waals surface area (Å²) in [5.41, 5.74) is -0.956. The molecule has 0 aliphatic heterocycles. The number of aryl methyl sites for hydroxylation is 1. The first-order chi connectivity index (χ1) is 7.30. The summed E-state index contributed by atoms with van der Waals surface area (Å²) in [5, 5.41) is 9.00. The van der Waals surface area contributed by atoms with E-state index >= 15 is 0 Å². The van der Waals surface area contributed by atoms with Gasteiger partial charge in [0.05, 0.1) is 11.7 Å². The molecular weight excluding hydrogens is 224 g/mol. The molecule has 0 bridgehead atoms. The second kappa shape index (κ2) is 4.82. The number of aliphatic hydroxyl groups is 1. The molecule has 1 aromatic carbocycles. The Bertz CT molecular complexity index is 357. The third kappa shape index (κ3) is 3.48. The van der Waals surface area contributed by atoms with Crippen LogP contribution in [0, 0.1) is 5.82 Å². The molecule has 0 heterocycles. The van der Waals surface area contributed by atoms with E-state index in [-0.39, 0.29) is 18.4 Å². The van der Waals surface area contributed by atoms with Crippen LogP contribution in [-0.2, 0) is 12.6 Å². The summed E-state index contributed by atoms with van der Waals surface area (Å²) in [5.74, 6) is -0.700. The lowest BCUT2D eigenvalue weighted by molar-refractivity contribution is -0.138. The summed E-state index contributed by atoms with van der Waals surface area (Å²) in [6.07, 6.45) is -5.01. The molecule has 16 heavy (non-hydrogen) atoms. The van der Waals surface area contributed by atoms with E-state index in [2.05, 4.69) is 0 Å². The van der Waals surface area contributed by atoms with Crippen LogP contribution in [0.3, 0.4) is 0 Å². The predicted octanol–water partition coefficient (Wildman–Crippen LogP) is 3.16. The Hall–Kier alpha value is -1.10. The van der Waals surface area contributed by atoms with Crippen LogP contribution in [0.4, 0.5) is 17.6 Å². The first-order valence-corrected chi connectivity index (χ1v) is 4.84. The highest BCUT2D eigenvalue weighted by Crippen LogP contribution is 2.32. The van der Waals surface area contributed by atoms with Crippen LogP contribution in [0.25, 0.3) is 0 Å². The van der Waals surface area contributed by atoms with Gasteiger partial charge in [-0.2, -0.15) is 13.2 Å². The van der Waals surface area contributed by atoms with E-state index < -0.39 is 23.7 Å². The normalized spacial score (nSPS) is 13.9. The fourth-order valence-corrected chi connectivity index (χ4v) is 1.41. The van der Waals surface area contributed by atoms with Crippen molar-refractivity contribution in [3.8, 4) is 0 Å². The number of aliphatic hydroxyl groups excluding tert-OH is 1. The van der Waals surface area contributed by atoms with Crippen LogP contribution in [-0.4, -0.2) is 11.2 Å². The van der Waals surface area contributed by atoms with Gasteiger partial charge in [0.2, 0.25) is 0 Å². The molecule has 1 aromatic rings. The molecule has 1 nitrogen and oxygen atoms in total. The Morgan fingerprint density at radius 1 is 1.31 bits per heavy atom. The van der Waals surface area contributed by atoms with Gasteiger partial charge in [-0.05, 0) is 43.5 Å². The van der Waals surface area contributed by atoms with Crippen molar-refractivity contribution in [2.24, 2.45) is 0 Å². The fraction of sp³-hybridized carbons (Fsp3) is 0.455. The molecule has 0 saturated heterocycles. The van der Waals surface area contributed by atoms with Crippen LogP contribution >= 0.6 is 0 Å². The minimum Gasteiger partial charge on any atom is -0.393 e. The summed E-state index contributed by atoms with van der Waals surface area (Å²) in [6, 6.07) is 2.38. The Kier molecular flexibility index (Phi) is 3.91. The third-order valence-corrected chi connectivity index (χ3v) is 2.20. The summed E-state index contributed by atoms with van der Waals surface area (Å²) in [7, 11) is 0. The minimum absolute atomic E-state index is 0.00424. The zero-order chi connectivity index (χ0) is 12.3. The van der Waals surface area contributed by atoms with Gasteiger partial charge in [-0.15, -0.1) is 0 Å². The monoisotopic (exact) mass is 236 g/mol. The number of hydrogen-bond acceptors (Lipinski definition) is 1. The predicted molar refractivity (Wildman–Crippen MR) is 51.4 cm³/mol. The summed E-state index contributed by atoms with van der Waals surface area (Å²) in [4.78, 5) is 0. The summed E-state index contributed by atoms with van der Waals surface area (Å²) < 4.78 is 50.4. The number of halogens is 4. The molecular formula is C11H12F4O. The van der Waals surface area contributed by atoms with E-state index in [0.717, 1.165) is 18.2 Å². The Balaban J connectivity index is 2.99. The van der Waals surface area contributed by atoms with E-state index in [1.54, 1.807) is 0 Å². The van der Waals surface area contributed by atoms with Crippen LogP contribution in [0.5, 0.6) is 0 Å². The molecule has 1 N–H and O–H groups in total. The van der Waals surface area contributed by atoms with Gasteiger partial charge >= 0.3 is 6.18 Å². The van der Waals surface area contributed by atoms with Crippen LogP contribution in [0.1, 0.15) is 24.5 Å². The van der Waals surface area contributed by atoms with Crippen molar-refractivity contribution in [1.82, 2.24) is 0 Å². The second-order valence-corrected chi connectivity index (χ2v) is 3.69. The van der Waals surface area contributed by atoms with Crippen LogP contribution < -0.4 is 0 Å². The van der Waals surface area contributed by atoms with Gasteiger partial charge in [-0.3, -0.25) is 0 Å². The quantitative estimate of drug-likeness (QED) is 0.799. The highest BCUT2D eigenvalue weighted by atomic mass is 19.4.